The molecular weight excluding hydrogens is 256 g/mol. The van der Waals surface area contributed by atoms with Gasteiger partial charge in [-0.3, -0.25) is 4.55 Å². The Hall–Kier alpha value is -0.370. The second-order valence-corrected chi connectivity index (χ2v) is 5.41. The van der Waals surface area contributed by atoms with Gasteiger partial charge in [0.05, 0.1) is 0 Å². The molecule has 0 heterocycles. The zero-order valence-electron chi connectivity index (χ0n) is 7.53. The summed E-state index contributed by atoms with van der Waals surface area (Å²) in [5, 5.41) is 8.21. The third kappa shape index (κ3) is 3.04. The topological polar surface area (TPSA) is 74.6 Å². The van der Waals surface area contributed by atoms with Gasteiger partial charge in [-0.15, -0.1) is 12.6 Å². The fraction of sp³-hybridized carbons (Fsp3) is 0.250. The maximum Gasteiger partial charge on any atom is 0.272 e. The molecule has 15 heavy (non-hydrogen) atoms. The molecule has 84 valence electrons. The molecule has 2 N–H and O–H groups in total. The second kappa shape index (κ2) is 4.65. The average Bonchev–Trinajstić information content (AvgIpc) is 2.10. The first-order valence-electron chi connectivity index (χ1n) is 3.95. The lowest BCUT2D eigenvalue weighted by Crippen LogP contribution is -2.13. The fourth-order valence-corrected chi connectivity index (χ4v) is 2.83. The van der Waals surface area contributed by atoms with Gasteiger partial charge in [-0.25, -0.2) is 0 Å². The molecule has 0 saturated heterocycles. The normalized spacial score (nSPS) is 13.8. The van der Waals surface area contributed by atoms with Crippen LogP contribution < -0.4 is 0 Å². The molecule has 0 aliphatic carbocycles. The van der Waals surface area contributed by atoms with Crippen molar-refractivity contribution in [2.75, 3.05) is 5.75 Å². The maximum absolute atomic E-state index is 11.0. The van der Waals surface area contributed by atoms with E-state index in [1.54, 1.807) is 0 Å². The Balaban J connectivity index is 3.30. The average molecular weight is 266 g/mol. The van der Waals surface area contributed by atoms with E-state index in [-0.39, 0.29) is 17.1 Å². The molecule has 0 aromatic heterocycles. The summed E-state index contributed by atoms with van der Waals surface area (Å²) in [6.07, 6.45) is 0. The van der Waals surface area contributed by atoms with Crippen LogP contribution in [0.25, 0.3) is 0 Å². The largest absolute Gasteiger partial charge is 0.508 e. The molecule has 7 heteroatoms. The number of hydrogen-bond acceptors (Lipinski definition) is 5. The van der Waals surface area contributed by atoms with Crippen LogP contribution in [0.4, 0.5) is 0 Å². The molecular formula is C8H10O4S3. The highest BCUT2D eigenvalue weighted by molar-refractivity contribution is 7.88. The van der Waals surface area contributed by atoms with Crippen LogP contribution in [0.3, 0.4) is 0 Å². The molecule has 1 unspecified atom stereocenters. The molecule has 0 bridgehead atoms. The Labute approximate surface area is 98.9 Å². The molecule has 0 aliphatic heterocycles. The molecule has 0 radical (unpaired) electrons. The van der Waals surface area contributed by atoms with Crippen molar-refractivity contribution >= 4 is 35.4 Å². The molecule has 0 amide bonds. The van der Waals surface area contributed by atoms with Crippen LogP contribution in [0.1, 0.15) is 10.8 Å². The number of benzene rings is 1. The summed E-state index contributed by atoms with van der Waals surface area (Å²) in [7, 11) is -4.28. The van der Waals surface area contributed by atoms with Gasteiger partial charge < -0.3 is 5.11 Å². The highest BCUT2D eigenvalue weighted by atomic mass is 32.2. The molecule has 1 aromatic carbocycles. The standard InChI is InChI=1S/C8H10O4S3/c9-7-2-1-5(14)3-6(7)8(4-13)15(10,11)12/h1-3,8-9,13-14H,4H2,(H,10,11,12). The van der Waals surface area contributed by atoms with Crippen LogP contribution in [0.5, 0.6) is 5.75 Å². The van der Waals surface area contributed by atoms with Gasteiger partial charge in [0.15, 0.2) is 0 Å². The number of phenolic OH excluding ortho intramolecular Hbond substituents is 1. The van der Waals surface area contributed by atoms with E-state index in [4.69, 9.17) is 4.55 Å². The Bertz CT molecular complexity index is 455. The first-order chi connectivity index (χ1) is 6.86. The summed E-state index contributed by atoms with van der Waals surface area (Å²) < 4.78 is 30.9. The van der Waals surface area contributed by atoms with Crippen molar-refractivity contribution < 1.29 is 18.1 Å². The first-order valence-corrected chi connectivity index (χ1v) is 6.53. The third-order valence-electron chi connectivity index (χ3n) is 1.88. The predicted molar refractivity (Wildman–Crippen MR) is 63.5 cm³/mol. The molecule has 1 rings (SSSR count). The van der Waals surface area contributed by atoms with E-state index in [2.05, 4.69) is 25.3 Å². The van der Waals surface area contributed by atoms with Gasteiger partial charge in [-0.05, 0) is 18.2 Å². The highest BCUT2D eigenvalue weighted by Gasteiger charge is 2.26. The van der Waals surface area contributed by atoms with Gasteiger partial charge >= 0.3 is 0 Å². The molecule has 0 fully saturated rings. The first kappa shape index (κ1) is 12.7. The summed E-state index contributed by atoms with van der Waals surface area (Å²) in [6.45, 7) is 0. The molecule has 1 atom stereocenters. The summed E-state index contributed by atoms with van der Waals surface area (Å²) in [5.41, 5.74) is 0.0972. The SMILES string of the molecule is O=S(=O)(O)C(CS)c1cc(S)ccc1O. The highest BCUT2D eigenvalue weighted by Crippen LogP contribution is 2.31. The number of hydrogen-bond donors (Lipinski definition) is 4. The lowest BCUT2D eigenvalue weighted by Gasteiger charge is -2.13. The Morgan fingerprint density at radius 1 is 1.40 bits per heavy atom. The minimum atomic E-state index is -4.28. The smallest absolute Gasteiger partial charge is 0.272 e. The molecule has 4 nitrogen and oxygen atoms in total. The Kier molecular flexibility index (Phi) is 3.93. The van der Waals surface area contributed by atoms with E-state index >= 15 is 0 Å². The summed E-state index contributed by atoms with van der Waals surface area (Å²) in [6, 6.07) is 4.22. The van der Waals surface area contributed by atoms with Gasteiger partial charge in [0.1, 0.15) is 11.0 Å². The minimum absolute atomic E-state index is 0.0972. The van der Waals surface area contributed by atoms with Crippen molar-refractivity contribution in [1.29, 1.82) is 0 Å². The van der Waals surface area contributed by atoms with E-state index in [1.165, 1.54) is 18.2 Å². The van der Waals surface area contributed by atoms with Crippen molar-refractivity contribution in [1.82, 2.24) is 0 Å². The predicted octanol–water partition coefficient (Wildman–Crippen LogP) is 1.54. The van der Waals surface area contributed by atoms with Crippen LogP contribution in [-0.2, 0) is 10.1 Å². The van der Waals surface area contributed by atoms with Crippen LogP contribution in [0, 0.1) is 0 Å². The van der Waals surface area contributed by atoms with E-state index in [0.717, 1.165) is 0 Å². The number of rotatable bonds is 3. The van der Waals surface area contributed by atoms with Crippen molar-refractivity contribution in [3.05, 3.63) is 23.8 Å². The van der Waals surface area contributed by atoms with E-state index in [0.29, 0.717) is 4.90 Å². The van der Waals surface area contributed by atoms with Gasteiger partial charge in [0.25, 0.3) is 10.1 Å². The number of aromatic hydroxyl groups is 1. The summed E-state index contributed by atoms with van der Waals surface area (Å²) in [4.78, 5) is 0.498. The molecule has 0 spiro atoms. The summed E-state index contributed by atoms with van der Waals surface area (Å²) >= 11 is 7.84. The lowest BCUT2D eigenvalue weighted by atomic mass is 10.1. The molecule has 1 aromatic rings. The van der Waals surface area contributed by atoms with Crippen molar-refractivity contribution in [2.45, 2.75) is 10.1 Å². The van der Waals surface area contributed by atoms with Crippen molar-refractivity contribution in [3.63, 3.8) is 0 Å². The van der Waals surface area contributed by atoms with Gasteiger partial charge in [-0.1, -0.05) is 0 Å². The fourth-order valence-electron chi connectivity index (χ4n) is 1.15. The van der Waals surface area contributed by atoms with Gasteiger partial charge in [0.2, 0.25) is 0 Å². The van der Waals surface area contributed by atoms with Gasteiger partial charge in [0, 0.05) is 16.2 Å². The quantitative estimate of drug-likeness (QED) is 0.494. The zero-order valence-corrected chi connectivity index (χ0v) is 10.1. The number of phenols is 1. The van der Waals surface area contributed by atoms with E-state index in [1.807, 2.05) is 0 Å². The van der Waals surface area contributed by atoms with Gasteiger partial charge in [-0.2, -0.15) is 21.0 Å². The monoisotopic (exact) mass is 266 g/mol. The Morgan fingerprint density at radius 2 is 2.00 bits per heavy atom. The molecule has 0 aliphatic rings. The van der Waals surface area contributed by atoms with Crippen LogP contribution in [0.15, 0.2) is 23.1 Å². The lowest BCUT2D eigenvalue weighted by molar-refractivity contribution is 0.453. The van der Waals surface area contributed by atoms with Crippen LogP contribution in [-0.4, -0.2) is 23.8 Å². The maximum atomic E-state index is 11.0. The van der Waals surface area contributed by atoms with Crippen molar-refractivity contribution in [3.8, 4) is 5.75 Å². The van der Waals surface area contributed by atoms with E-state index in [9.17, 15) is 13.5 Å². The minimum Gasteiger partial charge on any atom is -0.508 e. The second-order valence-electron chi connectivity index (χ2n) is 2.93. The van der Waals surface area contributed by atoms with Crippen LogP contribution >= 0.6 is 25.3 Å². The number of thiol groups is 2. The Morgan fingerprint density at radius 3 is 2.47 bits per heavy atom. The molecule has 0 saturated carbocycles. The third-order valence-corrected chi connectivity index (χ3v) is 3.91. The van der Waals surface area contributed by atoms with Crippen LogP contribution in [0.2, 0.25) is 0 Å². The van der Waals surface area contributed by atoms with Crippen molar-refractivity contribution in [2.24, 2.45) is 0 Å². The summed E-state index contributed by atoms with van der Waals surface area (Å²) in [5.74, 6) is -0.326. The zero-order chi connectivity index (χ0) is 11.6. The van der Waals surface area contributed by atoms with E-state index < -0.39 is 15.4 Å².